The predicted molar refractivity (Wildman–Crippen MR) is 98.3 cm³/mol. The Morgan fingerprint density at radius 1 is 0.750 bits per heavy atom. The highest BCUT2D eigenvalue weighted by Gasteiger charge is 1.93. The molecule has 2 aromatic carbocycles. The van der Waals surface area contributed by atoms with E-state index in [-0.39, 0.29) is 0 Å². The van der Waals surface area contributed by atoms with Gasteiger partial charge in [0.1, 0.15) is 0 Å². The van der Waals surface area contributed by atoms with E-state index in [1.165, 1.54) is 10.7 Å². The Labute approximate surface area is 142 Å². The van der Waals surface area contributed by atoms with Crippen LogP contribution in [0.4, 0.5) is 0 Å². The van der Waals surface area contributed by atoms with E-state index in [9.17, 15) is 0 Å². The van der Waals surface area contributed by atoms with Crippen LogP contribution in [0.3, 0.4) is 0 Å². The highest BCUT2D eigenvalue weighted by atomic mass is 127. The molecule has 0 aliphatic rings. The number of hydrogen-bond donors (Lipinski definition) is 1. The van der Waals surface area contributed by atoms with Crippen LogP contribution in [0.2, 0.25) is 0 Å². The van der Waals surface area contributed by atoms with E-state index in [2.05, 4.69) is 98.6 Å². The number of thiol groups is 1. The summed E-state index contributed by atoms with van der Waals surface area (Å²) in [4.78, 5) is 1.02. The summed E-state index contributed by atoms with van der Waals surface area (Å²) in [5, 5.41) is 0. The lowest BCUT2D eigenvalue weighted by Crippen LogP contribution is -1.78. The lowest BCUT2D eigenvalue weighted by atomic mass is 10.4. The standard InChI is InChI=1S/C6H3I3.C6H6S/c7-4-1-2-5(8)6(9)3-4;7-6-4-2-1-3-5-6/h1-3H;1-5,7H. The van der Waals surface area contributed by atoms with E-state index in [1.54, 1.807) is 0 Å². The fraction of sp³-hybridized carbons (Fsp3) is 0. The Bertz CT molecular complexity index is 443. The van der Waals surface area contributed by atoms with Crippen LogP contribution in [0, 0.1) is 10.7 Å². The van der Waals surface area contributed by atoms with Gasteiger partial charge in [0.05, 0.1) is 0 Å². The van der Waals surface area contributed by atoms with Gasteiger partial charge in [0.2, 0.25) is 0 Å². The monoisotopic (exact) mass is 566 g/mol. The minimum atomic E-state index is 1.02. The molecule has 0 bridgehead atoms. The molecule has 0 aliphatic carbocycles. The molecule has 0 saturated heterocycles. The molecule has 16 heavy (non-hydrogen) atoms. The molecule has 0 aromatic heterocycles. The van der Waals surface area contributed by atoms with Crippen molar-refractivity contribution < 1.29 is 0 Å². The Kier molecular flexibility index (Phi) is 7.66. The van der Waals surface area contributed by atoms with Gasteiger partial charge in [-0.15, -0.1) is 12.6 Å². The topological polar surface area (TPSA) is 0 Å². The highest BCUT2D eigenvalue weighted by molar-refractivity contribution is 14.1. The quantitative estimate of drug-likeness (QED) is 0.244. The molecular formula is C12H9I3S. The first-order valence-electron chi connectivity index (χ1n) is 4.44. The van der Waals surface area contributed by atoms with Crippen molar-refractivity contribution in [3.05, 3.63) is 59.2 Å². The van der Waals surface area contributed by atoms with Gasteiger partial charge in [-0.25, -0.2) is 0 Å². The third-order valence-corrected chi connectivity index (χ3v) is 5.47. The number of benzene rings is 2. The molecule has 0 saturated carbocycles. The molecule has 0 nitrogen and oxygen atoms in total. The zero-order valence-electron chi connectivity index (χ0n) is 8.20. The molecule has 0 fully saturated rings. The Morgan fingerprint density at radius 2 is 1.38 bits per heavy atom. The van der Waals surface area contributed by atoms with Crippen LogP contribution in [-0.2, 0) is 0 Å². The number of hydrogen-bond acceptors (Lipinski definition) is 1. The fourth-order valence-electron chi connectivity index (χ4n) is 0.898. The van der Waals surface area contributed by atoms with Crippen molar-refractivity contribution in [3.8, 4) is 0 Å². The van der Waals surface area contributed by atoms with Crippen molar-refractivity contribution in [3.63, 3.8) is 0 Å². The molecule has 2 rings (SSSR count). The minimum absolute atomic E-state index is 1.02. The predicted octanol–water partition coefficient (Wildman–Crippen LogP) is 5.48. The zero-order chi connectivity index (χ0) is 12.0. The second kappa shape index (κ2) is 8.15. The van der Waals surface area contributed by atoms with Crippen LogP contribution in [0.5, 0.6) is 0 Å². The summed E-state index contributed by atoms with van der Waals surface area (Å²) >= 11 is 11.1. The van der Waals surface area contributed by atoms with Crippen molar-refractivity contribution >= 4 is 80.4 Å². The van der Waals surface area contributed by atoms with Gasteiger partial charge >= 0.3 is 0 Å². The maximum Gasteiger partial charge on any atom is 0.0274 e. The second-order valence-electron chi connectivity index (χ2n) is 2.89. The molecule has 0 heterocycles. The Morgan fingerprint density at radius 3 is 1.75 bits per heavy atom. The smallest absolute Gasteiger partial charge is 0.0274 e. The lowest BCUT2D eigenvalue weighted by molar-refractivity contribution is 1.48. The first kappa shape index (κ1) is 15.0. The second-order valence-corrected chi connectivity index (χ2v) is 6.98. The SMILES string of the molecule is Ic1ccc(I)c(I)c1.Sc1ccccc1. The van der Waals surface area contributed by atoms with Crippen molar-refractivity contribution in [2.45, 2.75) is 4.90 Å². The van der Waals surface area contributed by atoms with E-state index in [1.807, 2.05) is 30.3 Å². The Hall–Kier alpha value is 0.980. The van der Waals surface area contributed by atoms with Gasteiger partial charge in [0.25, 0.3) is 0 Å². The lowest BCUT2D eigenvalue weighted by Gasteiger charge is -1.94. The van der Waals surface area contributed by atoms with E-state index < -0.39 is 0 Å². The molecule has 0 N–H and O–H groups in total. The Balaban J connectivity index is 0.000000165. The normalized spacial score (nSPS) is 9.25. The first-order valence-corrected chi connectivity index (χ1v) is 8.12. The van der Waals surface area contributed by atoms with Crippen LogP contribution < -0.4 is 0 Å². The van der Waals surface area contributed by atoms with Gasteiger partial charge in [-0.1, -0.05) is 18.2 Å². The van der Waals surface area contributed by atoms with E-state index in [0.29, 0.717) is 0 Å². The third-order valence-electron chi connectivity index (χ3n) is 1.64. The molecule has 84 valence electrons. The van der Waals surface area contributed by atoms with Gasteiger partial charge < -0.3 is 0 Å². The van der Waals surface area contributed by atoms with Crippen molar-refractivity contribution in [1.29, 1.82) is 0 Å². The van der Waals surface area contributed by atoms with Gasteiger partial charge in [-0.05, 0) is 98.1 Å². The molecule has 0 amide bonds. The van der Waals surface area contributed by atoms with Crippen LogP contribution in [0.15, 0.2) is 53.4 Å². The molecular weight excluding hydrogens is 557 g/mol. The third kappa shape index (κ3) is 6.06. The largest absolute Gasteiger partial charge is 0.143 e. The van der Waals surface area contributed by atoms with Crippen LogP contribution in [-0.4, -0.2) is 0 Å². The van der Waals surface area contributed by atoms with Gasteiger partial charge in [0.15, 0.2) is 0 Å². The summed E-state index contributed by atoms with van der Waals surface area (Å²) in [6.45, 7) is 0. The zero-order valence-corrected chi connectivity index (χ0v) is 15.6. The van der Waals surface area contributed by atoms with E-state index in [4.69, 9.17) is 0 Å². The maximum atomic E-state index is 4.08. The van der Waals surface area contributed by atoms with Crippen LogP contribution in [0.25, 0.3) is 0 Å². The average molecular weight is 566 g/mol. The number of rotatable bonds is 0. The molecule has 0 atom stereocenters. The fourth-order valence-corrected chi connectivity index (χ4v) is 3.01. The summed E-state index contributed by atoms with van der Waals surface area (Å²) in [7, 11) is 0. The van der Waals surface area contributed by atoms with Gasteiger partial charge in [-0.2, -0.15) is 0 Å². The molecule has 0 radical (unpaired) electrons. The first-order chi connectivity index (χ1) is 7.59. The van der Waals surface area contributed by atoms with Gasteiger partial charge in [0, 0.05) is 15.6 Å². The molecule has 0 spiro atoms. The average Bonchev–Trinajstić information content (AvgIpc) is 2.26. The van der Waals surface area contributed by atoms with Crippen molar-refractivity contribution in [1.82, 2.24) is 0 Å². The molecule has 0 aliphatic heterocycles. The summed E-state index contributed by atoms with van der Waals surface area (Å²) in [5.41, 5.74) is 0. The van der Waals surface area contributed by atoms with E-state index >= 15 is 0 Å². The maximum absolute atomic E-state index is 4.08. The summed E-state index contributed by atoms with van der Waals surface area (Å²) in [6, 6.07) is 16.2. The van der Waals surface area contributed by atoms with E-state index in [0.717, 1.165) is 4.90 Å². The van der Waals surface area contributed by atoms with Crippen molar-refractivity contribution in [2.75, 3.05) is 0 Å². The van der Waals surface area contributed by atoms with Crippen molar-refractivity contribution in [2.24, 2.45) is 0 Å². The summed E-state index contributed by atoms with van der Waals surface area (Å²) in [5.74, 6) is 0. The molecule has 4 heteroatoms. The molecule has 0 unspecified atom stereocenters. The van der Waals surface area contributed by atoms with Crippen LogP contribution in [0.1, 0.15) is 0 Å². The van der Waals surface area contributed by atoms with Crippen LogP contribution >= 0.6 is 80.4 Å². The summed E-state index contributed by atoms with van der Waals surface area (Å²) in [6.07, 6.45) is 0. The van der Waals surface area contributed by atoms with Gasteiger partial charge in [-0.3, -0.25) is 0 Å². The summed E-state index contributed by atoms with van der Waals surface area (Å²) < 4.78 is 3.96. The highest BCUT2D eigenvalue weighted by Crippen LogP contribution is 2.17. The number of halogens is 3. The minimum Gasteiger partial charge on any atom is -0.143 e. The molecule has 2 aromatic rings.